The third kappa shape index (κ3) is 2.13. The Kier molecular flexibility index (Phi) is 3.97. The first kappa shape index (κ1) is 17.3. The SMILES string of the molecule is COc1cc2c(c(OC)c1C(C)C)C(=O)[C@@H]1C(C)(C)CCC[C@]21C. The summed E-state index contributed by atoms with van der Waals surface area (Å²) in [6.07, 6.45) is 3.31. The van der Waals surface area contributed by atoms with Gasteiger partial charge in [-0.25, -0.2) is 0 Å². The van der Waals surface area contributed by atoms with Gasteiger partial charge in [0.1, 0.15) is 11.5 Å². The predicted octanol–water partition coefficient (Wildman–Crippen LogP) is 5.11. The topological polar surface area (TPSA) is 35.5 Å². The van der Waals surface area contributed by atoms with E-state index in [-0.39, 0.29) is 28.4 Å². The minimum absolute atomic E-state index is 0.0132. The molecular weight excluding hydrogens is 300 g/mol. The first-order valence-electron chi connectivity index (χ1n) is 9.02. The summed E-state index contributed by atoms with van der Waals surface area (Å²) in [6, 6.07) is 2.12. The Morgan fingerprint density at radius 1 is 1.12 bits per heavy atom. The van der Waals surface area contributed by atoms with Crippen LogP contribution >= 0.6 is 0 Å². The standard InChI is InChI=1S/C21H30O3/c1-12(2)15-14(23-6)11-13-16(18(15)24-7)17(22)19-20(3,4)9-8-10-21(13,19)5/h11-12,19H,8-10H2,1-7H3/t19-,21-/m1/s1. The molecule has 0 N–H and O–H groups in total. The molecule has 0 aromatic heterocycles. The summed E-state index contributed by atoms with van der Waals surface area (Å²) in [6.45, 7) is 11.0. The molecule has 132 valence electrons. The van der Waals surface area contributed by atoms with E-state index in [1.165, 1.54) is 0 Å². The molecule has 0 amide bonds. The molecule has 1 aromatic rings. The summed E-state index contributed by atoms with van der Waals surface area (Å²) in [7, 11) is 3.37. The van der Waals surface area contributed by atoms with Crippen molar-refractivity contribution in [2.75, 3.05) is 14.2 Å². The minimum atomic E-state index is -0.121. The van der Waals surface area contributed by atoms with Gasteiger partial charge in [0, 0.05) is 16.9 Å². The van der Waals surface area contributed by atoms with Crippen molar-refractivity contribution < 1.29 is 14.3 Å². The van der Waals surface area contributed by atoms with E-state index in [0.717, 1.165) is 47.5 Å². The molecular formula is C21H30O3. The number of hydrogen-bond acceptors (Lipinski definition) is 3. The fourth-order valence-electron chi connectivity index (χ4n) is 5.41. The van der Waals surface area contributed by atoms with Crippen molar-refractivity contribution in [3.63, 3.8) is 0 Å². The minimum Gasteiger partial charge on any atom is -0.496 e. The number of ether oxygens (including phenoxy) is 2. The lowest BCUT2D eigenvalue weighted by molar-refractivity contribution is 0.0499. The van der Waals surface area contributed by atoms with Crippen LogP contribution in [0.3, 0.4) is 0 Å². The van der Waals surface area contributed by atoms with Crippen molar-refractivity contribution in [2.45, 2.75) is 65.2 Å². The molecule has 0 unspecified atom stereocenters. The van der Waals surface area contributed by atoms with E-state index in [2.05, 4.69) is 40.7 Å². The van der Waals surface area contributed by atoms with Crippen LogP contribution < -0.4 is 9.47 Å². The van der Waals surface area contributed by atoms with Gasteiger partial charge >= 0.3 is 0 Å². The number of carbonyl (C=O) groups is 1. The van der Waals surface area contributed by atoms with Crippen LogP contribution in [0.15, 0.2) is 6.07 Å². The fourth-order valence-corrected chi connectivity index (χ4v) is 5.41. The number of hydrogen-bond donors (Lipinski definition) is 0. The highest BCUT2D eigenvalue weighted by molar-refractivity contribution is 6.07. The van der Waals surface area contributed by atoms with Crippen molar-refractivity contribution in [1.29, 1.82) is 0 Å². The van der Waals surface area contributed by atoms with Crippen molar-refractivity contribution >= 4 is 5.78 Å². The van der Waals surface area contributed by atoms with E-state index in [9.17, 15) is 4.79 Å². The molecule has 24 heavy (non-hydrogen) atoms. The van der Waals surface area contributed by atoms with E-state index in [1.807, 2.05) is 0 Å². The smallest absolute Gasteiger partial charge is 0.171 e. The van der Waals surface area contributed by atoms with Crippen LogP contribution in [0.5, 0.6) is 11.5 Å². The molecule has 1 saturated carbocycles. The van der Waals surface area contributed by atoms with Gasteiger partial charge in [-0.15, -0.1) is 0 Å². The molecule has 0 saturated heterocycles. The molecule has 3 nitrogen and oxygen atoms in total. The normalized spacial score (nSPS) is 27.8. The molecule has 0 radical (unpaired) electrons. The number of ketones is 1. The maximum absolute atomic E-state index is 13.5. The van der Waals surface area contributed by atoms with E-state index < -0.39 is 0 Å². The molecule has 3 heteroatoms. The van der Waals surface area contributed by atoms with Gasteiger partial charge in [0.2, 0.25) is 0 Å². The molecule has 3 rings (SSSR count). The summed E-state index contributed by atoms with van der Waals surface area (Å²) in [4.78, 5) is 13.5. The molecule has 2 aliphatic rings. The highest BCUT2D eigenvalue weighted by Crippen LogP contribution is 2.61. The van der Waals surface area contributed by atoms with Crippen LogP contribution in [0.1, 0.15) is 81.3 Å². The second kappa shape index (κ2) is 5.50. The number of fused-ring (bicyclic) bond motifs is 3. The molecule has 0 aliphatic heterocycles. The summed E-state index contributed by atoms with van der Waals surface area (Å²) in [5.74, 6) is 2.10. The van der Waals surface area contributed by atoms with Gasteiger partial charge in [-0.1, -0.05) is 41.0 Å². The second-order valence-corrected chi connectivity index (χ2v) is 8.66. The highest BCUT2D eigenvalue weighted by Gasteiger charge is 2.58. The molecule has 0 heterocycles. The Bertz CT molecular complexity index is 687. The van der Waals surface area contributed by atoms with Crippen LogP contribution in [-0.2, 0) is 5.41 Å². The van der Waals surface area contributed by atoms with Gasteiger partial charge in [-0.2, -0.15) is 0 Å². The fraction of sp³-hybridized carbons (Fsp3) is 0.667. The zero-order valence-corrected chi connectivity index (χ0v) is 16.1. The van der Waals surface area contributed by atoms with E-state index >= 15 is 0 Å². The third-order valence-corrected chi connectivity index (χ3v) is 6.34. The van der Waals surface area contributed by atoms with Crippen LogP contribution in [-0.4, -0.2) is 20.0 Å². The van der Waals surface area contributed by atoms with Crippen LogP contribution in [0.4, 0.5) is 0 Å². The maximum atomic E-state index is 13.5. The number of carbonyl (C=O) groups excluding carboxylic acids is 1. The molecule has 1 aromatic carbocycles. The van der Waals surface area contributed by atoms with Gasteiger partial charge in [-0.05, 0) is 35.8 Å². The average molecular weight is 330 g/mol. The van der Waals surface area contributed by atoms with E-state index in [4.69, 9.17) is 9.47 Å². The zero-order chi connectivity index (χ0) is 17.9. The van der Waals surface area contributed by atoms with Crippen LogP contribution in [0.25, 0.3) is 0 Å². The van der Waals surface area contributed by atoms with E-state index in [0.29, 0.717) is 0 Å². The predicted molar refractivity (Wildman–Crippen MR) is 96.4 cm³/mol. The molecule has 0 bridgehead atoms. The van der Waals surface area contributed by atoms with Gasteiger partial charge in [0.25, 0.3) is 0 Å². The van der Waals surface area contributed by atoms with Crippen LogP contribution in [0, 0.1) is 11.3 Å². The lowest BCUT2D eigenvalue weighted by atomic mass is 9.56. The summed E-state index contributed by atoms with van der Waals surface area (Å²) in [5.41, 5.74) is 2.84. The Labute approximate surface area is 145 Å². The van der Waals surface area contributed by atoms with Gasteiger partial charge in [-0.3, -0.25) is 4.79 Å². The van der Waals surface area contributed by atoms with Crippen molar-refractivity contribution in [3.8, 4) is 11.5 Å². The van der Waals surface area contributed by atoms with Gasteiger partial charge in [0.05, 0.1) is 19.8 Å². The summed E-state index contributed by atoms with van der Waals surface area (Å²) < 4.78 is 11.5. The number of rotatable bonds is 3. The lowest BCUT2D eigenvalue weighted by Gasteiger charge is -2.46. The first-order valence-corrected chi connectivity index (χ1v) is 9.02. The Balaban J connectivity index is 2.34. The van der Waals surface area contributed by atoms with E-state index in [1.54, 1.807) is 14.2 Å². The Morgan fingerprint density at radius 3 is 2.33 bits per heavy atom. The molecule has 1 fully saturated rings. The van der Waals surface area contributed by atoms with Crippen LogP contribution in [0.2, 0.25) is 0 Å². The lowest BCUT2D eigenvalue weighted by Crippen LogP contribution is -2.44. The van der Waals surface area contributed by atoms with Crippen molar-refractivity contribution in [3.05, 3.63) is 22.8 Å². The molecule has 2 atom stereocenters. The average Bonchev–Trinajstić information content (AvgIpc) is 2.73. The third-order valence-electron chi connectivity index (χ3n) is 6.34. The zero-order valence-electron chi connectivity index (χ0n) is 16.1. The summed E-state index contributed by atoms with van der Waals surface area (Å²) >= 11 is 0. The monoisotopic (exact) mass is 330 g/mol. The molecule has 2 aliphatic carbocycles. The second-order valence-electron chi connectivity index (χ2n) is 8.66. The summed E-state index contributed by atoms with van der Waals surface area (Å²) in [5, 5.41) is 0. The first-order chi connectivity index (χ1) is 11.2. The largest absolute Gasteiger partial charge is 0.496 e. The maximum Gasteiger partial charge on any atom is 0.171 e. The number of Topliss-reactive ketones (excluding diaryl/α,β-unsaturated/α-hetero) is 1. The number of methoxy groups -OCH3 is 2. The van der Waals surface area contributed by atoms with Gasteiger partial charge < -0.3 is 9.47 Å². The number of benzene rings is 1. The van der Waals surface area contributed by atoms with Crippen molar-refractivity contribution in [2.24, 2.45) is 11.3 Å². The quantitative estimate of drug-likeness (QED) is 0.773. The van der Waals surface area contributed by atoms with Crippen molar-refractivity contribution in [1.82, 2.24) is 0 Å². The Morgan fingerprint density at radius 2 is 1.79 bits per heavy atom. The highest BCUT2D eigenvalue weighted by atomic mass is 16.5. The van der Waals surface area contributed by atoms with Gasteiger partial charge in [0.15, 0.2) is 5.78 Å². The Hall–Kier alpha value is -1.51. The molecule has 0 spiro atoms.